The minimum atomic E-state index is 0.0481. The maximum absolute atomic E-state index is 12.9. The summed E-state index contributed by atoms with van der Waals surface area (Å²) < 4.78 is 11.7. The van der Waals surface area contributed by atoms with Gasteiger partial charge in [-0.2, -0.15) is 0 Å². The van der Waals surface area contributed by atoms with Crippen molar-refractivity contribution in [3.63, 3.8) is 0 Å². The molecule has 2 aromatic carbocycles. The Hall–Kier alpha value is -3.01. The van der Waals surface area contributed by atoms with E-state index < -0.39 is 0 Å². The third kappa shape index (κ3) is 4.68. The fourth-order valence-corrected chi connectivity index (χ4v) is 4.05. The number of hydrogen-bond acceptors (Lipinski definition) is 3. The molecule has 3 aromatic rings. The van der Waals surface area contributed by atoms with E-state index in [9.17, 15) is 4.79 Å². The second kappa shape index (κ2) is 9.86. The standard InChI is InChI=1S/C27H33NO3/c1-7-13-28(14-8-2)25(29)15-19(4)22-16-23-24(21-11-9-18(3)10-12-21)17-31-27(23)20(5)26(22)30-6/h9-12,15-17H,7-8,13-14H2,1-6H3/b19-15+. The average molecular weight is 420 g/mol. The van der Waals surface area contributed by atoms with Crippen molar-refractivity contribution in [1.82, 2.24) is 4.90 Å². The number of fused-ring (bicyclic) bond motifs is 1. The lowest BCUT2D eigenvalue weighted by molar-refractivity contribution is -0.126. The van der Waals surface area contributed by atoms with Crippen LogP contribution >= 0.6 is 0 Å². The molecule has 0 bridgehead atoms. The van der Waals surface area contributed by atoms with Crippen molar-refractivity contribution in [3.8, 4) is 16.9 Å². The SMILES string of the molecule is CCCN(CCC)C(=O)/C=C(\C)c1cc2c(-c3ccc(C)cc3)coc2c(C)c1OC. The average Bonchev–Trinajstić information content (AvgIpc) is 3.18. The second-order valence-corrected chi connectivity index (χ2v) is 8.13. The van der Waals surface area contributed by atoms with Crippen molar-refractivity contribution in [3.05, 3.63) is 59.4 Å². The van der Waals surface area contributed by atoms with E-state index in [0.29, 0.717) is 0 Å². The van der Waals surface area contributed by atoms with Crippen LogP contribution in [0, 0.1) is 13.8 Å². The number of furan rings is 1. The molecule has 1 amide bonds. The molecule has 1 heterocycles. The van der Waals surface area contributed by atoms with E-state index in [0.717, 1.165) is 70.5 Å². The number of methoxy groups -OCH3 is 1. The van der Waals surface area contributed by atoms with Crippen molar-refractivity contribution in [2.24, 2.45) is 0 Å². The van der Waals surface area contributed by atoms with Crippen LogP contribution in [-0.4, -0.2) is 31.0 Å². The van der Waals surface area contributed by atoms with E-state index in [1.165, 1.54) is 5.56 Å². The van der Waals surface area contributed by atoms with Gasteiger partial charge >= 0.3 is 0 Å². The van der Waals surface area contributed by atoms with Crippen LogP contribution in [0.3, 0.4) is 0 Å². The smallest absolute Gasteiger partial charge is 0.246 e. The first kappa shape index (κ1) is 22.7. The fourth-order valence-electron chi connectivity index (χ4n) is 4.05. The predicted octanol–water partition coefficient (Wildman–Crippen LogP) is 6.78. The van der Waals surface area contributed by atoms with Crippen LogP contribution in [0.1, 0.15) is 50.3 Å². The molecule has 4 heteroatoms. The molecule has 0 aliphatic carbocycles. The molecule has 0 aliphatic heterocycles. The highest BCUT2D eigenvalue weighted by molar-refractivity contribution is 6.01. The third-order valence-electron chi connectivity index (χ3n) is 5.67. The number of amides is 1. The maximum atomic E-state index is 12.9. The first-order chi connectivity index (χ1) is 14.9. The number of aryl methyl sites for hydroxylation is 2. The summed E-state index contributed by atoms with van der Waals surface area (Å²) in [6.45, 7) is 11.8. The van der Waals surface area contributed by atoms with Gasteiger partial charge < -0.3 is 14.1 Å². The van der Waals surface area contributed by atoms with E-state index in [1.54, 1.807) is 19.4 Å². The van der Waals surface area contributed by atoms with Gasteiger partial charge in [0.15, 0.2) is 0 Å². The van der Waals surface area contributed by atoms with Crippen LogP contribution in [0.4, 0.5) is 0 Å². The summed E-state index contributed by atoms with van der Waals surface area (Å²) in [7, 11) is 1.66. The molecule has 0 radical (unpaired) electrons. The molecule has 0 spiro atoms. The molecule has 3 rings (SSSR count). The van der Waals surface area contributed by atoms with Crippen LogP contribution in [0.25, 0.3) is 27.7 Å². The van der Waals surface area contributed by atoms with Crippen molar-refractivity contribution in [2.45, 2.75) is 47.5 Å². The highest BCUT2D eigenvalue weighted by atomic mass is 16.5. The lowest BCUT2D eigenvalue weighted by atomic mass is 9.96. The lowest BCUT2D eigenvalue weighted by Gasteiger charge is -2.20. The molecule has 164 valence electrons. The molecule has 0 unspecified atom stereocenters. The first-order valence-electron chi connectivity index (χ1n) is 11.0. The summed E-state index contributed by atoms with van der Waals surface area (Å²) in [4.78, 5) is 14.8. The Morgan fingerprint density at radius 1 is 1.10 bits per heavy atom. The van der Waals surface area contributed by atoms with Gasteiger partial charge in [0.05, 0.1) is 13.4 Å². The monoisotopic (exact) mass is 419 g/mol. The van der Waals surface area contributed by atoms with E-state index >= 15 is 0 Å². The number of nitrogens with zero attached hydrogens (tertiary/aromatic N) is 1. The molecule has 31 heavy (non-hydrogen) atoms. The third-order valence-corrected chi connectivity index (χ3v) is 5.67. The van der Waals surface area contributed by atoms with Crippen LogP contribution in [0.5, 0.6) is 5.75 Å². The number of carbonyl (C=O) groups excluding carboxylic acids is 1. The molecular weight excluding hydrogens is 386 g/mol. The normalized spacial score (nSPS) is 11.7. The summed E-state index contributed by atoms with van der Waals surface area (Å²) in [5.41, 5.74) is 6.93. The number of rotatable bonds is 8. The first-order valence-corrected chi connectivity index (χ1v) is 11.0. The summed E-state index contributed by atoms with van der Waals surface area (Å²) in [5.74, 6) is 0.795. The van der Waals surface area contributed by atoms with Gasteiger partial charge in [0.2, 0.25) is 5.91 Å². The zero-order chi connectivity index (χ0) is 22.5. The summed E-state index contributed by atoms with van der Waals surface area (Å²) in [6.07, 6.45) is 5.43. The molecule has 0 fully saturated rings. The predicted molar refractivity (Wildman–Crippen MR) is 128 cm³/mol. The van der Waals surface area contributed by atoms with Crippen LogP contribution in [-0.2, 0) is 4.79 Å². The molecule has 0 saturated carbocycles. The Labute approximate surface area is 185 Å². The molecule has 4 nitrogen and oxygen atoms in total. The summed E-state index contributed by atoms with van der Waals surface area (Å²) >= 11 is 0. The van der Waals surface area contributed by atoms with Gasteiger partial charge in [-0.25, -0.2) is 0 Å². The van der Waals surface area contributed by atoms with Crippen molar-refractivity contribution in [1.29, 1.82) is 0 Å². The number of allylic oxidation sites excluding steroid dienone is 1. The number of ether oxygens (including phenoxy) is 1. The number of carbonyl (C=O) groups is 1. The molecule has 0 N–H and O–H groups in total. The van der Waals surface area contributed by atoms with Crippen molar-refractivity contribution < 1.29 is 13.9 Å². The molecule has 0 aliphatic rings. The van der Waals surface area contributed by atoms with Gasteiger partial charge in [-0.1, -0.05) is 43.7 Å². The van der Waals surface area contributed by atoms with Crippen LogP contribution < -0.4 is 4.74 Å². The zero-order valence-electron chi connectivity index (χ0n) is 19.5. The largest absolute Gasteiger partial charge is 0.496 e. The molecule has 0 atom stereocenters. The lowest BCUT2D eigenvalue weighted by Crippen LogP contribution is -2.31. The van der Waals surface area contributed by atoms with Gasteiger partial charge in [0, 0.05) is 41.2 Å². The van der Waals surface area contributed by atoms with E-state index in [2.05, 4.69) is 51.1 Å². The van der Waals surface area contributed by atoms with Gasteiger partial charge in [-0.05, 0) is 50.8 Å². The van der Waals surface area contributed by atoms with E-state index in [1.807, 2.05) is 18.7 Å². The van der Waals surface area contributed by atoms with E-state index in [4.69, 9.17) is 9.15 Å². The molecular formula is C27H33NO3. The number of benzene rings is 2. The Balaban J connectivity index is 2.11. The second-order valence-electron chi connectivity index (χ2n) is 8.13. The summed E-state index contributed by atoms with van der Waals surface area (Å²) in [6, 6.07) is 10.5. The Morgan fingerprint density at radius 3 is 2.32 bits per heavy atom. The summed E-state index contributed by atoms with van der Waals surface area (Å²) in [5, 5.41) is 1.02. The highest BCUT2D eigenvalue weighted by Crippen LogP contribution is 2.40. The molecule has 0 saturated heterocycles. The minimum Gasteiger partial charge on any atom is -0.496 e. The minimum absolute atomic E-state index is 0.0481. The van der Waals surface area contributed by atoms with Gasteiger partial charge in [0.25, 0.3) is 0 Å². The van der Waals surface area contributed by atoms with Crippen LogP contribution in [0.15, 0.2) is 47.1 Å². The Kier molecular flexibility index (Phi) is 7.21. The zero-order valence-corrected chi connectivity index (χ0v) is 19.5. The Bertz CT molecular complexity index is 1080. The Morgan fingerprint density at radius 2 is 1.74 bits per heavy atom. The fraction of sp³-hybridized carbons (Fsp3) is 0.370. The quantitative estimate of drug-likeness (QED) is 0.378. The topological polar surface area (TPSA) is 42.7 Å². The van der Waals surface area contributed by atoms with E-state index in [-0.39, 0.29) is 5.91 Å². The maximum Gasteiger partial charge on any atom is 0.246 e. The van der Waals surface area contributed by atoms with Gasteiger partial charge in [-0.3, -0.25) is 4.79 Å². The van der Waals surface area contributed by atoms with Gasteiger partial charge in [0.1, 0.15) is 11.3 Å². The van der Waals surface area contributed by atoms with Gasteiger partial charge in [-0.15, -0.1) is 0 Å². The molecule has 1 aromatic heterocycles. The van der Waals surface area contributed by atoms with Crippen LogP contribution in [0.2, 0.25) is 0 Å². The highest BCUT2D eigenvalue weighted by Gasteiger charge is 2.19. The van der Waals surface area contributed by atoms with Crippen molar-refractivity contribution >= 4 is 22.4 Å². The van der Waals surface area contributed by atoms with Crippen molar-refractivity contribution in [2.75, 3.05) is 20.2 Å². The number of hydrogen-bond donors (Lipinski definition) is 0.